The second kappa shape index (κ2) is 6.49. The number of benzene rings is 1. The standard InChI is InChI=1S/C13H17BrN4OS/c1-9(2)6-18-13(16-8-17-18)7-20(19)12-4-3-10(15)5-11(12)14/h3-5,8-9H,6-7,15H2,1-2H3. The molecule has 0 spiro atoms. The first-order chi connectivity index (χ1) is 9.47. The minimum Gasteiger partial charge on any atom is -0.399 e. The van der Waals surface area contributed by atoms with Crippen molar-refractivity contribution in [3.8, 4) is 0 Å². The van der Waals surface area contributed by atoms with Crippen molar-refractivity contribution in [3.63, 3.8) is 0 Å². The molecule has 1 unspecified atom stereocenters. The zero-order chi connectivity index (χ0) is 14.7. The van der Waals surface area contributed by atoms with Gasteiger partial charge in [0.15, 0.2) is 0 Å². The number of hydrogen-bond acceptors (Lipinski definition) is 4. The van der Waals surface area contributed by atoms with E-state index in [1.54, 1.807) is 18.2 Å². The van der Waals surface area contributed by atoms with Crippen LogP contribution in [-0.4, -0.2) is 19.0 Å². The topological polar surface area (TPSA) is 73.8 Å². The number of nitrogen functional groups attached to an aromatic ring is 1. The normalized spacial score (nSPS) is 12.8. The van der Waals surface area contributed by atoms with E-state index >= 15 is 0 Å². The van der Waals surface area contributed by atoms with Crippen molar-refractivity contribution in [2.24, 2.45) is 5.92 Å². The smallest absolute Gasteiger partial charge is 0.139 e. The van der Waals surface area contributed by atoms with E-state index in [0.717, 1.165) is 21.7 Å². The van der Waals surface area contributed by atoms with Gasteiger partial charge in [-0.05, 0) is 40.0 Å². The number of halogens is 1. The molecule has 0 aliphatic rings. The summed E-state index contributed by atoms with van der Waals surface area (Å²) in [5, 5.41) is 4.18. The fourth-order valence-corrected chi connectivity index (χ4v) is 3.84. The Hall–Kier alpha value is -1.21. The van der Waals surface area contributed by atoms with Gasteiger partial charge in [-0.25, -0.2) is 9.67 Å². The third-order valence-electron chi connectivity index (χ3n) is 2.70. The molecule has 0 amide bonds. The van der Waals surface area contributed by atoms with Crippen molar-refractivity contribution in [1.82, 2.24) is 14.8 Å². The molecule has 2 rings (SSSR count). The Balaban J connectivity index is 2.17. The maximum atomic E-state index is 12.4. The van der Waals surface area contributed by atoms with Crippen LogP contribution in [0.4, 0.5) is 5.69 Å². The monoisotopic (exact) mass is 356 g/mol. The zero-order valence-corrected chi connectivity index (χ0v) is 13.8. The Morgan fingerprint density at radius 1 is 1.45 bits per heavy atom. The number of anilines is 1. The van der Waals surface area contributed by atoms with Crippen molar-refractivity contribution < 1.29 is 4.21 Å². The summed E-state index contributed by atoms with van der Waals surface area (Å²) in [6.45, 7) is 4.99. The first-order valence-electron chi connectivity index (χ1n) is 6.27. The van der Waals surface area contributed by atoms with Crippen LogP contribution in [0.1, 0.15) is 19.7 Å². The molecule has 20 heavy (non-hydrogen) atoms. The molecule has 1 aromatic heterocycles. The summed E-state index contributed by atoms with van der Waals surface area (Å²) in [7, 11) is -1.18. The van der Waals surface area contributed by atoms with Crippen LogP contribution in [0.3, 0.4) is 0 Å². The van der Waals surface area contributed by atoms with E-state index < -0.39 is 10.8 Å². The van der Waals surface area contributed by atoms with E-state index in [4.69, 9.17) is 5.73 Å². The number of nitrogens with two attached hydrogens (primary N) is 1. The van der Waals surface area contributed by atoms with Crippen molar-refractivity contribution in [2.75, 3.05) is 5.73 Å². The van der Waals surface area contributed by atoms with Gasteiger partial charge >= 0.3 is 0 Å². The lowest BCUT2D eigenvalue weighted by molar-refractivity contribution is 0.471. The van der Waals surface area contributed by atoms with Crippen LogP contribution in [0.5, 0.6) is 0 Å². The lowest BCUT2D eigenvalue weighted by Crippen LogP contribution is -2.12. The van der Waals surface area contributed by atoms with Gasteiger partial charge in [0, 0.05) is 16.7 Å². The van der Waals surface area contributed by atoms with Crippen molar-refractivity contribution in [2.45, 2.75) is 31.0 Å². The summed E-state index contributed by atoms with van der Waals surface area (Å²) in [6.07, 6.45) is 1.51. The summed E-state index contributed by atoms with van der Waals surface area (Å²) in [5.41, 5.74) is 6.33. The van der Waals surface area contributed by atoms with Crippen LogP contribution in [0, 0.1) is 5.92 Å². The van der Waals surface area contributed by atoms with Gasteiger partial charge in [-0.3, -0.25) is 4.21 Å². The Kier molecular flexibility index (Phi) is 4.93. The molecule has 0 saturated heterocycles. The van der Waals surface area contributed by atoms with Gasteiger partial charge in [0.1, 0.15) is 12.2 Å². The Morgan fingerprint density at radius 3 is 2.85 bits per heavy atom. The van der Waals surface area contributed by atoms with Gasteiger partial charge in [0.25, 0.3) is 0 Å². The molecule has 0 aliphatic heterocycles. The Morgan fingerprint density at radius 2 is 2.20 bits per heavy atom. The second-order valence-corrected chi connectivity index (χ2v) is 7.21. The van der Waals surface area contributed by atoms with Crippen LogP contribution in [-0.2, 0) is 23.1 Å². The van der Waals surface area contributed by atoms with E-state index in [1.165, 1.54) is 6.33 Å². The van der Waals surface area contributed by atoms with Gasteiger partial charge in [0.2, 0.25) is 0 Å². The first kappa shape index (κ1) is 15.2. The number of hydrogen-bond donors (Lipinski definition) is 1. The summed E-state index contributed by atoms with van der Waals surface area (Å²) in [6, 6.07) is 5.28. The van der Waals surface area contributed by atoms with E-state index in [-0.39, 0.29) is 0 Å². The molecule has 1 heterocycles. The highest BCUT2D eigenvalue weighted by Crippen LogP contribution is 2.24. The van der Waals surface area contributed by atoms with Gasteiger partial charge in [-0.2, -0.15) is 5.10 Å². The lowest BCUT2D eigenvalue weighted by atomic mass is 10.2. The molecule has 0 saturated carbocycles. The molecule has 108 valence electrons. The van der Waals surface area contributed by atoms with Gasteiger partial charge in [-0.15, -0.1) is 0 Å². The fraction of sp³-hybridized carbons (Fsp3) is 0.385. The van der Waals surface area contributed by atoms with Gasteiger partial charge < -0.3 is 5.73 Å². The molecular formula is C13H17BrN4OS. The maximum Gasteiger partial charge on any atom is 0.139 e. The average Bonchev–Trinajstić information content (AvgIpc) is 2.75. The minimum absolute atomic E-state index is 0.342. The molecule has 0 bridgehead atoms. The van der Waals surface area contributed by atoms with E-state index in [2.05, 4.69) is 39.9 Å². The molecule has 1 aromatic carbocycles. The largest absolute Gasteiger partial charge is 0.399 e. The highest BCUT2D eigenvalue weighted by atomic mass is 79.9. The number of rotatable bonds is 5. The summed E-state index contributed by atoms with van der Waals surface area (Å²) >= 11 is 3.39. The highest BCUT2D eigenvalue weighted by molar-refractivity contribution is 9.10. The van der Waals surface area contributed by atoms with Crippen LogP contribution in [0.2, 0.25) is 0 Å². The third kappa shape index (κ3) is 3.67. The van der Waals surface area contributed by atoms with Crippen LogP contribution in [0.25, 0.3) is 0 Å². The third-order valence-corrected chi connectivity index (χ3v) is 4.98. The molecule has 2 aromatic rings. The molecule has 0 radical (unpaired) electrons. The zero-order valence-electron chi connectivity index (χ0n) is 11.4. The van der Waals surface area contributed by atoms with Crippen molar-refractivity contribution >= 4 is 32.4 Å². The van der Waals surface area contributed by atoms with E-state index in [9.17, 15) is 4.21 Å². The predicted molar refractivity (Wildman–Crippen MR) is 83.5 cm³/mol. The number of aromatic nitrogens is 3. The molecule has 7 heteroatoms. The Bertz CT molecular complexity index is 627. The fourth-order valence-electron chi connectivity index (χ4n) is 1.79. The average molecular weight is 357 g/mol. The summed E-state index contributed by atoms with van der Waals surface area (Å²) in [5.74, 6) is 1.54. The Labute approximate surface area is 129 Å². The predicted octanol–water partition coefficient (Wildman–Crippen LogP) is 2.59. The van der Waals surface area contributed by atoms with Gasteiger partial charge in [-0.1, -0.05) is 13.8 Å². The minimum atomic E-state index is -1.18. The molecule has 5 nitrogen and oxygen atoms in total. The first-order valence-corrected chi connectivity index (χ1v) is 8.38. The van der Waals surface area contributed by atoms with Crippen molar-refractivity contribution in [3.05, 3.63) is 34.8 Å². The summed E-state index contributed by atoms with van der Waals surface area (Å²) < 4.78 is 15.0. The van der Waals surface area contributed by atoms with E-state index in [0.29, 0.717) is 17.4 Å². The quantitative estimate of drug-likeness (QED) is 0.835. The van der Waals surface area contributed by atoms with Gasteiger partial charge in [0.05, 0.1) is 21.4 Å². The molecule has 0 aliphatic carbocycles. The summed E-state index contributed by atoms with van der Waals surface area (Å²) in [4.78, 5) is 4.92. The van der Waals surface area contributed by atoms with Crippen LogP contribution < -0.4 is 5.73 Å². The maximum absolute atomic E-state index is 12.4. The SMILES string of the molecule is CC(C)Cn1ncnc1CS(=O)c1ccc(N)cc1Br. The molecule has 2 N–H and O–H groups in total. The molecular weight excluding hydrogens is 340 g/mol. The van der Waals surface area contributed by atoms with Crippen LogP contribution >= 0.6 is 15.9 Å². The van der Waals surface area contributed by atoms with Crippen LogP contribution in [0.15, 0.2) is 33.9 Å². The highest BCUT2D eigenvalue weighted by Gasteiger charge is 2.14. The second-order valence-electron chi connectivity index (χ2n) is 4.93. The van der Waals surface area contributed by atoms with E-state index in [1.807, 2.05) is 4.68 Å². The van der Waals surface area contributed by atoms with Crippen molar-refractivity contribution in [1.29, 1.82) is 0 Å². The lowest BCUT2D eigenvalue weighted by Gasteiger charge is -2.09. The number of nitrogens with zero attached hydrogens (tertiary/aromatic N) is 3. The molecule has 1 atom stereocenters. The molecule has 0 fully saturated rings.